The molecule has 0 fully saturated rings. The maximum Gasteiger partial charge on any atom is 0.335 e. The van der Waals surface area contributed by atoms with E-state index in [-0.39, 0.29) is 16.8 Å². The highest BCUT2D eigenvalue weighted by molar-refractivity contribution is 7.75. The van der Waals surface area contributed by atoms with Crippen LogP contribution in [0.25, 0.3) is 21.9 Å². The van der Waals surface area contributed by atoms with Gasteiger partial charge in [-0.25, -0.2) is 9.59 Å². The molecule has 0 spiro atoms. The molecule has 4 aromatic rings. The van der Waals surface area contributed by atoms with Gasteiger partial charge in [-0.05, 0) is 23.8 Å². The van der Waals surface area contributed by atoms with Gasteiger partial charge in [-0.1, -0.05) is 73.8 Å². The summed E-state index contributed by atoms with van der Waals surface area (Å²) in [6.07, 6.45) is 2.05. The van der Waals surface area contributed by atoms with Gasteiger partial charge in [0, 0.05) is 28.5 Å². The zero-order valence-corrected chi connectivity index (χ0v) is 19.4. The summed E-state index contributed by atoms with van der Waals surface area (Å²) < 4.78 is 32.2. The van der Waals surface area contributed by atoms with Gasteiger partial charge in [0.1, 0.15) is 11.5 Å². The lowest BCUT2D eigenvalue weighted by molar-refractivity contribution is -0.129. The standard InChI is InChI=1S/C28H19O6P/c1-3-26(29)32-23-17-25(28(33-27(30)4-2)21-14-6-5-12-19(21)23)35(31)24-16-10-8-13-20(24)18-11-7-9-15-22(18)34-35/h3-17H,1-2H2. The largest absolute Gasteiger partial charge is 0.436 e. The monoisotopic (exact) mass is 482 g/mol. The van der Waals surface area contributed by atoms with Crippen LogP contribution in [0.3, 0.4) is 0 Å². The van der Waals surface area contributed by atoms with Gasteiger partial charge in [-0.2, -0.15) is 0 Å². The Morgan fingerprint density at radius 2 is 1.34 bits per heavy atom. The molecule has 0 N–H and O–H groups in total. The molecule has 35 heavy (non-hydrogen) atoms. The molecule has 0 saturated carbocycles. The van der Waals surface area contributed by atoms with Crippen LogP contribution < -0.4 is 24.6 Å². The van der Waals surface area contributed by atoms with Gasteiger partial charge in [0.15, 0.2) is 5.75 Å². The third kappa shape index (κ3) is 3.74. The second kappa shape index (κ2) is 8.75. The fourth-order valence-electron chi connectivity index (χ4n) is 4.10. The first-order chi connectivity index (χ1) is 17.0. The molecule has 5 rings (SSSR count). The second-order valence-corrected chi connectivity index (χ2v) is 9.92. The van der Waals surface area contributed by atoms with Crippen molar-refractivity contribution in [3.05, 3.63) is 104 Å². The van der Waals surface area contributed by atoms with Crippen molar-refractivity contribution < 1.29 is 28.2 Å². The first-order valence-electron chi connectivity index (χ1n) is 10.7. The molecule has 1 aliphatic rings. The number of carbonyl (C=O) groups is 2. The molecule has 0 aromatic heterocycles. The lowest BCUT2D eigenvalue weighted by Gasteiger charge is -2.30. The average molecular weight is 482 g/mol. The average Bonchev–Trinajstić information content (AvgIpc) is 2.89. The molecule has 0 radical (unpaired) electrons. The summed E-state index contributed by atoms with van der Waals surface area (Å²) in [5.74, 6) is -0.820. The first kappa shape index (κ1) is 22.4. The van der Waals surface area contributed by atoms with Crippen LogP contribution in [-0.4, -0.2) is 11.9 Å². The maximum atomic E-state index is 14.9. The quantitative estimate of drug-likeness (QED) is 0.166. The van der Waals surface area contributed by atoms with Gasteiger partial charge in [-0.3, -0.25) is 4.57 Å². The molecule has 1 unspecified atom stereocenters. The summed E-state index contributed by atoms with van der Waals surface area (Å²) in [6.45, 7) is 6.93. The number of hydrogen-bond donors (Lipinski definition) is 0. The Morgan fingerprint density at radius 1 is 0.743 bits per heavy atom. The maximum absolute atomic E-state index is 14.9. The molecule has 6 nitrogen and oxygen atoms in total. The van der Waals surface area contributed by atoms with Gasteiger partial charge in [0.25, 0.3) is 0 Å². The molecule has 0 saturated heterocycles. The third-order valence-corrected chi connectivity index (χ3v) is 8.07. The highest BCUT2D eigenvalue weighted by Crippen LogP contribution is 2.56. The van der Waals surface area contributed by atoms with Crippen LogP contribution >= 0.6 is 7.37 Å². The van der Waals surface area contributed by atoms with Crippen molar-refractivity contribution in [2.75, 3.05) is 0 Å². The number of esters is 2. The molecular weight excluding hydrogens is 463 g/mol. The summed E-state index contributed by atoms with van der Waals surface area (Å²) in [4.78, 5) is 24.5. The van der Waals surface area contributed by atoms with Crippen molar-refractivity contribution in [2.24, 2.45) is 0 Å². The van der Waals surface area contributed by atoms with Crippen LogP contribution in [-0.2, 0) is 14.2 Å². The Bertz CT molecular complexity index is 1590. The number of ether oxygens (including phenoxy) is 2. The number of hydrogen-bond acceptors (Lipinski definition) is 6. The third-order valence-electron chi connectivity index (χ3n) is 5.63. The molecule has 0 aliphatic carbocycles. The predicted molar refractivity (Wildman–Crippen MR) is 135 cm³/mol. The molecule has 4 aromatic carbocycles. The molecule has 1 aliphatic heterocycles. The first-order valence-corrected chi connectivity index (χ1v) is 12.3. The number of para-hydroxylation sites is 1. The van der Waals surface area contributed by atoms with E-state index < -0.39 is 19.3 Å². The molecular formula is C28H19O6P. The molecule has 1 heterocycles. The Labute approximate surface area is 201 Å². The van der Waals surface area contributed by atoms with E-state index in [1.54, 1.807) is 48.5 Å². The summed E-state index contributed by atoms with van der Waals surface area (Å²) in [5, 5.41) is 1.42. The summed E-state index contributed by atoms with van der Waals surface area (Å²) in [5.41, 5.74) is 1.52. The van der Waals surface area contributed by atoms with Crippen LogP contribution in [0.15, 0.2) is 104 Å². The van der Waals surface area contributed by atoms with E-state index in [4.69, 9.17) is 14.0 Å². The van der Waals surface area contributed by atoms with Crippen LogP contribution in [0.4, 0.5) is 0 Å². The number of benzene rings is 4. The normalized spacial score (nSPS) is 15.8. The van der Waals surface area contributed by atoms with Crippen LogP contribution in [0.5, 0.6) is 17.2 Å². The highest BCUT2D eigenvalue weighted by atomic mass is 31.2. The van der Waals surface area contributed by atoms with Gasteiger partial charge in [-0.15, -0.1) is 0 Å². The van der Waals surface area contributed by atoms with Crippen LogP contribution in [0.2, 0.25) is 0 Å². The zero-order valence-electron chi connectivity index (χ0n) is 18.5. The topological polar surface area (TPSA) is 78.9 Å². The van der Waals surface area contributed by atoms with Gasteiger partial charge in [0.2, 0.25) is 0 Å². The summed E-state index contributed by atoms with van der Waals surface area (Å²) >= 11 is 0. The van der Waals surface area contributed by atoms with Crippen molar-refractivity contribution in [1.82, 2.24) is 0 Å². The van der Waals surface area contributed by atoms with E-state index in [9.17, 15) is 14.2 Å². The van der Waals surface area contributed by atoms with Crippen molar-refractivity contribution in [3.8, 4) is 28.4 Å². The zero-order chi connectivity index (χ0) is 24.6. The van der Waals surface area contributed by atoms with Crippen molar-refractivity contribution in [3.63, 3.8) is 0 Å². The van der Waals surface area contributed by atoms with Gasteiger partial charge >= 0.3 is 19.3 Å². The molecule has 0 amide bonds. The van der Waals surface area contributed by atoms with E-state index in [0.717, 1.165) is 23.3 Å². The SMILES string of the molecule is C=CC(=O)Oc1cc(P2(=O)Oc3ccccc3-c3ccccc32)c(OC(=O)C=C)c2ccccc12. The number of fused-ring (bicyclic) bond motifs is 4. The minimum atomic E-state index is -3.90. The molecule has 7 heteroatoms. The molecule has 172 valence electrons. The van der Waals surface area contributed by atoms with Gasteiger partial charge < -0.3 is 14.0 Å². The van der Waals surface area contributed by atoms with E-state index >= 15 is 0 Å². The Morgan fingerprint density at radius 3 is 2.09 bits per heavy atom. The van der Waals surface area contributed by atoms with Crippen molar-refractivity contribution in [2.45, 2.75) is 0 Å². The van der Waals surface area contributed by atoms with E-state index in [2.05, 4.69) is 13.2 Å². The van der Waals surface area contributed by atoms with Crippen LogP contribution in [0, 0.1) is 0 Å². The van der Waals surface area contributed by atoms with E-state index in [1.165, 1.54) is 6.07 Å². The summed E-state index contributed by atoms with van der Waals surface area (Å²) in [7, 11) is -3.90. The van der Waals surface area contributed by atoms with Gasteiger partial charge in [0.05, 0.1) is 10.6 Å². The van der Waals surface area contributed by atoms with E-state index in [0.29, 0.717) is 21.8 Å². The minimum Gasteiger partial charge on any atom is -0.436 e. The van der Waals surface area contributed by atoms with Crippen LogP contribution in [0.1, 0.15) is 0 Å². The molecule has 1 atom stereocenters. The van der Waals surface area contributed by atoms with E-state index in [1.807, 2.05) is 24.3 Å². The lowest BCUT2D eigenvalue weighted by atomic mass is 10.0. The number of carbonyl (C=O) groups excluding carboxylic acids is 2. The Hall–Kier alpha value is -4.41. The molecule has 0 bridgehead atoms. The predicted octanol–water partition coefficient (Wildman–Crippen LogP) is 5.31. The number of rotatable bonds is 5. The van der Waals surface area contributed by atoms with Crippen molar-refractivity contribution >= 4 is 40.7 Å². The minimum absolute atomic E-state index is 0.0430. The Balaban J connectivity index is 1.86. The second-order valence-electron chi connectivity index (χ2n) is 7.68. The lowest BCUT2D eigenvalue weighted by Crippen LogP contribution is -2.27. The summed E-state index contributed by atoms with van der Waals surface area (Å²) in [6, 6.07) is 22.8. The smallest absolute Gasteiger partial charge is 0.335 e. The fraction of sp³-hybridized carbons (Fsp3) is 0. The fourth-order valence-corrected chi connectivity index (χ4v) is 6.51. The Kier molecular flexibility index (Phi) is 5.59. The highest BCUT2D eigenvalue weighted by Gasteiger charge is 2.41. The van der Waals surface area contributed by atoms with Crippen molar-refractivity contribution in [1.29, 1.82) is 0 Å².